The van der Waals surface area contributed by atoms with Gasteiger partial charge < -0.3 is 0 Å². The number of Topliss-reactive ketones (excluding diaryl/α,β-unsaturated/α-hetero) is 1. The second-order valence-corrected chi connectivity index (χ2v) is 5.30. The number of hydrogen-bond acceptors (Lipinski definition) is 1. The predicted molar refractivity (Wildman–Crippen MR) is 74.2 cm³/mol. The van der Waals surface area contributed by atoms with E-state index in [4.69, 9.17) is 69.6 Å². The Hall–Kier alpha value is 1.41. The summed E-state index contributed by atoms with van der Waals surface area (Å²) in [7, 11) is 0. The lowest BCUT2D eigenvalue weighted by Gasteiger charge is -2.35. The molecule has 0 spiro atoms. The normalized spacial score (nSPS) is 12.9. The van der Waals surface area contributed by atoms with Crippen molar-refractivity contribution in [1.82, 2.24) is 0 Å². The molecule has 16 heavy (non-hydrogen) atoms. The number of ketones is 1. The lowest BCUT2D eigenvalue weighted by Crippen LogP contribution is -2.50. The summed E-state index contributed by atoms with van der Waals surface area (Å²) in [4.78, 5) is 12.4. The van der Waals surface area contributed by atoms with Gasteiger partial charge in [-0.05, 0) is 0 Å². The van der Waals surface area contributed by atoms with Gasteiger partial charge >= 0.3 is 0 Å². The van der Waals surface area contributed by atoms with Crippen molar-refractivity contribution < 1.29 is 4.79 Å². The summed E-state index contributed by atoms with van der Waals surface area (Å²) >= 11 is 34.7. The third-order valence-electron chi connectivity index (χ3n) is 2.50. The molecule has 0 aliphatic rings. The van der Waals surface area contributed by atoms with E-state index in [1.807, 2.05) is 0 Å². The Bertz CT molecular complexity index is 186. The predicted octanol–water partition coefficient (Wildman–Crippen LogP) is 3.96. The van der Waals surface area contributed by atoms with E-state index in [0.29, 0.717) is 0 Å². The molecule has 0 heterocycles. The van der Waals surface area contributed by atoms with Gasteiger partial charge in [0.1, 0.15) is 0 Å². The Morgan fingerprint density at radius 2 is 0.812 bits per heavy atom. The summed E-state index contributed by atoms with van der Waals surface area (Å²) in [6, 6.07) is 0. The number of alkyl halides is 6. The van der Waals surface area contributed by atoms with E-state index in [-0.39, 0.29) is 41.1 Å². The van der Waals surface area contributed by atoms with Crippen molar-refractivity contribution in [3.05, 3.63) is 0 Å². The monoisotopic (exact) mass is 346 g/mol. The molecular formula is C9H12Cl6O. The summed E-state index contributed by atoms with van der Waals surface area (Å²) < 4.78 is 0. The first-order chi connectivity index (χ1) is 7.52. The second-order valence-electron chi connectivity index (χ2n) is 3.69. The molecular weight excluding hydrogens is 337 g/mol. The van der Waals surface area contributed by atoms with Crippen molar-refractivity contribution in [2.24, 2.45) is 10.8 Å². The quantitative estimate of drug-likeness (QED) is 0.607. The fraction of sp³-hybridized carbons (Fsp3) is 0.889. The molecule has 0 saturated carbocycles. The molecule has 96 valence electrons. The minimum absolute atomic E-state index is 0.0191. The third-order valence-corrected chi connectivity index (χ3v) is 5.57. The van der Waals surface area contributed by atoms with Crippen LogP contribution in [0.4, 0.5) is 0 Å². The van der Waals surface area contributed by atoms with Crippen molar-refractivity contribution >= 4 is 75.4 Å². The van der Waals surface area contributed by atoms with E-state index in [1.54, 1.807) is 0 Å². The second kappa shape index (κ2) is 7.76. The van der Waals surface area contributed by atoms with Gasteiger partial charge in [0.2, 0.25) is 0 Å². The molecule has 0 aromatic heterocycles. The molecule has 0 bridgehead atoms. The highest BCUT2D eigenvalue weighted by atomic mass is 35.5. The Morgan fingerprint density at radius 3 is 0.938 bits per heavy atom. The summed E-state index contributed by atoms with van der Waals surface area (Å²) in [5.74, 6) is -0.149. The maximum Gasteiger partial charge on any atom is 0.152 e. The largest absolute Gasteiger partial charge is 0.298 e. The molecule has 7 heteroatoms. The van der Waals surface area contributed by atoms with Gasteiger partial charge in [-0.15, -0.1) is 69.6 Å². The molecule has 0 aliphatic heterocycles. The van der Waals surface area contributed by atoms with Crippen LogP contribution >= 0.6 is 69.6 Å². The van der Waals surface area contributed by atoms with E-state index in [1.165, 1.54) is 0 Å². The highest BCUT2D eigenvalue weighted by Crippen LogP contribution is 2.36. The van der Waals surface area contributed by atoms with Crippen molar-refractivity contribution in [2.75, 3.05) is 35.3 Å². The minimum Gasteiger partial charge on any atom is -0.298 e. The summed E-state index contributed by atoms with van der Waals surface area (Å²) in [5.41, 5.74) is -2.05. The summed E-state index contributed by atoms with van der Waals surface area (Å²) in [6.07, 6.45) is 0. The molecule has 0 fully saturated rings. The molecule has 0 aliphatic carbocycles. The fourth-order valence-electron chi connectivity index (χ4n) is 1.14. The molecule has 1 nitrogen and oxygen atoms in total. The number of rotatable bonds is 8. The molecule has 0 amide bonds. The topological polar surface area (TPSA) is 17.1 Å². The molecule has 0 atom stereocenters. The van der Waals surface area contributed by atoms with Gasteiger partial charge in [0.25, 0.3) is 0 Å². The first-order valence-electron chi connectivity index (χ1n) is 4.43. The zero-order valence-electron chi connectivity index (χ0n) is 8.42. The van der Waals surface area contributed by atoms with Crippen LogP contribution in [0.3, 0.4) is 0 Å². The van der Waals surface area contributed by atoms with Crippen LogP contribution in [0.25, 0.3) is 0 Å². The van der Waals surface area contributed by atoms with Gasteiger partial charge in [-0.1, -0.05) is 0 Å². The van der Waals surface area contributed by atoms with Crippen LogP contribution in [0.1, 0.15) is 0 Å². The van der Waals surface area contributed by atoms with Crippen LogP contribution < -0.4 is 0 Å². The Morgan fingerprint density at radius 1 is 0.625 bits per heavy atom. The van der Waals surface area contributed by atoms with Crippen molar-refractivity contribution in [1.29, 1.82) is 0 Å². The number of carbonyl (C=O) groups is 1. The van der Waals surface area contributed by atoms with E-state index in [9.17, 15) is 4.79 Å². The average molecular weight is 349 g/mol. The maximum atomic E-state index is 12.4. The van der Waals surface area contributed by atoms with Crippen LogP contribution in [0, 0.1) is 10.8 Å². The molecule has 0 saturated heterocycles. The number of hydrogen-bond donors (Lipinski definition) is 0. The van der Waals surface area contributed by atoms with E-state index >= 15 is 0 Å². The van der Waals surface area contributed by atoms with Crippen LogP contribution in [0.2, 0.25) is 0 Å². The van der Waals surface area contributed by atoms with Crippen LogP contribution in [-0.2, 0) is 4.79 Å². The maximum absolute atomic E-state index is 12.4. The van der Waals surface area contributed by atoms with Gasteiger partial charge in [0, 0.05) is 35.3 Å². The SMILES string of the molecule is O=C(C(CCl)(CCl)CCl)C(CCl)(CCl)CCl. The molecule has 0 N–H and O–H groups in total. The standard InChI is InChI=1S/C9H12Cl6O/c10-1-8(2-11,3-12)7(16)9(4-13,5-14)6-15/h1-6H2. The smallest absolute Gasteiger partial charge is 0.152 e. The van der Waals surface area contributed by atoms with Gasteiger partial charge in [0.15, 0.2) is 5.78 Å². The van der Waals surface area contributed by atoms with Gasteiger partial charge in [-0.2, -0.15) is 0 Å². The minimum atomic E-state index is -1.02. The lowest BCUT2D eigenvalue weighted by molar-refractivity contribution is -0.132. The van der Waals surface area contributed by atoms with Crippen molar-refractivity contribution in [3.8, 4) is 0 Å². The highest BCUT2D eigenvalue weighted by molar-refractivity contribution is 6.32. The molecule has 0 radical (unpaired) electrons. The first-order valence-corrected chi connectivity index (χ1v) is 7.64. The number of halogens is 6. The molecule has 0 aromatic carbocycles. The molecule has 0 rings (SSSR count). The summed E-state index contributed by atoms with van der Waals surface area (Å²) in [5, 5.41) is 0. The zero-order valence-corrected chi connectivity index (χ0v) is 13.0. The van der Waals surface area contributed by atoms with E-state index in [0.717, 1.165) is 0 Å². The summed E-state index contributed by atoms with van der Waals surface area (Å²) in [6.45, 7) is 0. The van der Waals surface area contributed by atoms with Gasteiger partial charge in [-0.25, -0.2) is 0 Å². The third kappa shape index (κ3) is 3.24. The first kappa shape index (κ1) is 17.4. The zero-order chi connectivity index (χ0) is 12.8. The molecule has 0 unspecified atom stereocenters. The fourth-order valence-corrected chi connectivity index (χ4v) is 3.58. The van der Waals surface area contributed by atoms with Gasteiger partial charge in [0.05, 0.1) is 10.8 Å². The lowest BCUT2D eigenvalue weighted by atomic mass is 9.75. The molecule has 0 aromatic rings. The average Bonchev–Trinajstić information content (AvgIpc) is 2.35. The van der Waals surface area contributed by atoms with Gasteiger partial charge in [-0.3, -0.25) is 4.79 Å². The Balaban J connectivity index is 5.26. The van der Waals surface area contributed by atoms with Crippen molar-refractivity contribution in [2.45, 2.75) is 0 Å². The Kier molecular flexibility index (Phi) is 8.44. The van der Waals surface area contributed by atoms with Crippen LogP contribution in [0.15, 0.2) is 0 Å². The van der Waals surface area contributed by atoms with E-state index < -0.39 is 10.8 Å². The highest BCUT2D eigenvalue weighted by Gasteiger charge is 2.48. The van der Waals surface area contributed by atoms with Crippen LogP contribution in [-0.4, -0.2) is 41.1 Å². The number of carbonyl (C=O) groups excluding carboxylic acids is 1. The van der Waals surface area contributed by atoms with Crippen LogP contribution in [0.5, 0.6) is 0 Å². The van der Waals surface area contributed by atoms with E-state index in [2.05, 4.69) is 0 Å². The Labute approximate surface area is 126 Å². The van der Waals surface area contributed by atoms with Crippen molar-refractivity contribution in [3.63, 3.8) is 0 Å².